The van der Waals surface area contributed by atoms with Gasteiger partial charge in [-0.3, -0.25) is 10.1 Å². The van der Waals surface area contributed by atoms with Crippen LogP contribution < -0.4 is 15.4 Å². The van der Waals surface area contributed by atoms with E-state index in [4.69, 9.17) is 4.74 Å². The Hall–Kier alpha value is -2.49. The minimum absolute atomic E-state index is 0.127. The van der Waals surface area contributed by atoms with Gasteiger partial charge in [0.05, 0.1) is 22.8 Å². The minimum Gasteiger partial charge on any atom is -0.433 e. The third-order valence-electron chi connectivity index (χ3n) is 3.52. The molecule has 0 spiro atoms. The predicted molar refractivity (Wildman–Crippen MR) is 80.3 cm³/mol. The SMILES string of the molecule is C[C@H](NC(=O)Nc1cc([N+](=O)[O-])ccc1OC(F)F)[C@@H]1CCCO1. The van der Waals surface area contributed by atoms with E-state index in [-0.39, 0.29) is 29.3 Å². The van der Waals surface area contributed by atoms with E-state index in [2.05, 4.69) is 15.4 Å². The second-order valence-electron chi connectivity index (χ2n) is 5.25. The van der Waals surface area contributed by atoms with Crippen LogP contribution in [0.25, 0.3) is 0 Å². The Morgan fingerprint density at radius 1 is 1.50 bits per heavy atom. The molecule has 1 heterocycles. The van der Waals surface area contributed by atoms with Crippen molar-refractivity contribution in [2.45, 2.75) is 38.5 Å². The Kier molecular flexibility index (Phi) is 5.85. The summed E-state index contributed by atoms with van der Waals surface area (Å²) in [5.74, 6) is -0.365. The number of non-ortho nitro benzene ring substituents is 1. The lowest BCUT2D eigenvalue weighted by Crippen LogP contribution is -2.43. The molecule has 1 aromatic carbocycles. The molecule has 0 saturated carbocycles. The highest BCUT2D eigenvalue weighted by Crippen LogP contribution is 2.30. The zero-order valence-corrected chi connectivity index (χ0v) is 12.8. The maximum atomic E-state index is 12.4. The van der Waals surface area contributed by atoms with Crippen LogP contribution in [0.3, 0.4) is 0 Å². The average Bonchev–Trinajstić information content (AvgIpc) is 3.02. The summed E-state index contributed by atoms with van der Waals surface area (Å²) in [6.07, 6.45) is 1.57. The smallest absolute Gasteiger partial charge is 0.387 e. The Bertz CT molecular complexity index is 608. The van der Waals surface area contributed by atoms with Gasteiger partial charge in [0, 0.05) is 18.7 Å². The second-order valence-corrected chi connectivity index (χ2v) is 5.25. The summed E-state index contributed by atoms with van der Waals surface area (Å²) in [6.45, 7) is -0.754. The van der Waals surface area contributed by atoms with Crippen molar-refractivity contribution in [3.8, 4) is 5.75 Å². The molecule has 0 radical (unpaired) electrons. The molecule has 1 saturated heterocycles. The van der Waals surface area contributed by atoms with Gasteiger partial charge in [0.15, 0.2) is 0 Å². The fourth-order valence-electron chi connectivity index (χ4n) is 2.38. The lowest BCUT2D eigenvalue weighted by atomic mass is 10.1. The van der Waals surface area contributed by atoms with Crippen molar-refractivity contribution < 1.29 is 28.0 Å². The van der Waals surface area contributed by atoms with Crippen LogP contribution in [-0.4, -0.2) is 36.3 Å². The first kappa shape index (κ1) is 17.9. The number of amides is 2. The number of nitro groups is 1. The Labute approximate surface area is 136 Å². The molecular weight excluding hydrogens is 328 g/mol. The molecule has 132 valence electrons. The molecule has 0 aliphatic carbocycles. The number of rotatable bonds is 6. The molecule has 2 rings (SSSR count). The average molecular weight is 345 g/mol. The van der Waals surface area contributed by atoms with Gasteiger partial charge in [-0.05, 0) is 25.8 Å². The number of benzene rings is 1. The quantitative estimate of drug-likeness (QED) is 0.609. The lowest BCUT2D eigenvalue weighted by molar-refractivity contribution is -0.384. The van der Waals surface area contributed by atoms with Crippen molar-refractivity contribution in [2.24, 2.45) is 0 Å². The molecular formula is C14H17F2N3O5. The Balaban J connectivity index is 2.08. The number of nitrogens with zero attached hydrogens (tertiary/aromatic N) is 1. The zero-order chi connectivity index (χ0) is 17.7. The molecule has 24 heavy (non-hydrogen) atoms. The number of nitro benzene ring substituents is 1. The molecule has 8 nitrogen and oxygen atoms in total. The topological polar surface area (TPSA) is 103 Å². The van der Waals surface area contributed by atoms with Gasteiger partial charge in [-0.15, -0.1) is 0 Å². The highest BCUT2D eigenvalue weighted by molar-refractivity contribution is 5.91. The van der Waals surface area contributed by atoms with Crippen LogP contribution in [0.5, 0.6) is 5.75 Å². The predicted octanol–water partition coefficient (Wildman–Crippen LogP) is 2.89. The van der Waals surface area contributed by atoms with E-state index in [0.29, 0.717) is 6.61 Å². The van der Waals surface area contributed by atoms with Crippen LogP contribution in [0.15, 0.2) is 18.2 Å². The van der Waals surface area contributed by atoms with Crippen molar-refractivity contribution in [1.29, 1.82) is 0 Å². The molecule has 2 N–H and O–H groups in total. The molecule has 2 atom stereocenters. The standard InChI is InChI=1S/C14H17F2N3O5/c1-8(11-3-2-6-23-11)17-14(20)18-10-7-9(19(21)22)4-5-12(10)24-13(15)16/h4-5,7-8,11,13H,2-3,6H2,1H3,(H2,17,18,20)/t8-,11-/m0/s1. The number of alkyl halides is 2. The summed E-state index contributed by atoms with van der Waals surface area (Å²) < 4.78 is 34.5. The molecule has 10 heteroatoms. The van der Waals surface area contributed by atoms with Crippen molar-refractivity contribution >= 4 is 17.4 Å². The van der Waals surface area contributed by atoms with E-state index >= 15 is 0 Å². The summed E-state index contributed by atoms with van der Waals surface area (Å²) in [5, 5.41) is 15.7. The first-order chi connectivity index (χ1) is 11.4. The number of hydrogen-bond donors (Lipinski definition) is 2. The molecule has 1 fully saturated rings. The van der Waals surface area contributed by atoms with Gasteiger partial charge in [-0.25, -0.2) is 4.79 Å². The van der Waals surface area contributed by atoms with Crippen LogP contribution in [0.1, 0.15) is 19.8 Å². The van der Waals surface area contributed by atoms with Crippen LogP contribution >= 0.6 is 0 Å². The van der Waals surface area contributed by atoms with E-state index in [1.54, 1.807) is 6.92 Å². The van der Waals surface area contributed by atoms with Gasteiger partial charge < -0.3 is 20.1 Å². The van der Waals surface area contributed by atoms with Crippen LogP contribution in [0.2, 0.25) is 0 Å². The van der Waals surface area contributed by atoms with E-state index in [1.807, 2.05) is 0 Å². The highest BCUT2D eigenvalue weighted by Gasteiger charge is 2.24. The summed E-state index contributed by atoms with van der Waals surface area (Å²) in [4.78, 5) is 22.1. The third kappa shape index (κ3) is 4.75. The van der Waals surface area contributed by atoms with Crippen molar-refractivity contribution in [2.75, 3.05) is 11.9 Å². The number of urea groups is 1. The maximum Gasteiger partial charge on any atom is 0.387 e. The van der Waals surface area contributed by atoms with Crippen LogP contribution in [-0.2, 0) is 4.74 Å². The Morgan fingerprint density at radius 2 is 2.25 bits per heavy atom. The van der Waals surface area contributed by atoms with Crippen molar-refractivity contribution in [1.82, 2.24) is 5.32 Å². The third-order valence-corrected chi connectivity index (χ3v) is 3.52. The van der Waals surface area contributed by atoms with Crippen molar-refractivity contribution in [3.05, 3.63) is 28.3 Å². The van der Waals surface area contributed by atoms with E-state index < -0.39 is 17.6 Å². The van der Waals surface area contributed by atoms with Crippen LogP contribution in [0.4, 0.5) is 25.0 Å². The first-order valence-corrected chi connectivity index (χ1v) is 7.29. The van der Waals surface area contributed by atoms with Gasteiger partial charge in [-0.1, -0.05) is 0 Å². The molecule has 0 aromatic heterocycles. The van der Waals surface area contributed by atoms with E-state index in [1.165, 1.54) is 0 Å². The molecule has 0 unspecified atom stereocenters. The molecule has 2 amide bonds. The molecule has 1 aliphatic heterocycles. The lowest BCUT2D eigenvalue weighted by Gasteiger charge is -2.20. The van der Waals surface area contributed by atoms with Gasteiger partial charge in [0.2, 0.25) is 0 Å². The van der Waals surface area contributed by atoms with Gasteiger partial charge in [0.25, 0.3) is 5.69 Å². The number of anilines is 1. The molecule has 1 aromatic rings. The summed E-state index contributed by atoms with van der Waals surface area (Å²) in [5.41, 5.74) is -0.583. The summed E-state index contributed by atoms with van der Waals surface area (Å²) in [6, 6.07) is 1.97. The minimum atomic E-state index is -3.12. The first-order valence-electron chi connectivity index (χ1n) is 7.29. The van der Waals surface area contributed by atoms with Crippen LogP contribution in [0, 0.1) is 10.1 Å². The Morgan fingerprint density at radius 3 is 2.83 bits per heavy atom. The van der Waals surface area contributed by atoms with Gasteiger partial charge in [-0.2, -0.15) is 8.78 Å². The molecule has 0 bridgehead atoms. The summed E-state index contributed by atoms with van der Waals surface area (Å²) in [7, 11) is 0. The summed E-state index contributed by atoms with van der Waals surface area (Å²) >= 11 is 0. The normalized spacial score (nSPS) is 18.2. The number of nitrogens with one attached hydrogen (secondary N) is 2. The second kappa shape index (κ2) is 7.86. The number of halogens is 2. The van der Waals surface area contributed by atoms with E-state index in [9.17, 15) is 23.7 Å². The monoisotopic (exact) mass is 345 g/mol. The fraction of sp³-hybridized carbons (Fsp3) is 0.500. The van der Waals surface area contributed by atoms with Gasteiger partial charge >= 0.3 is 12.6 Å². The number of carbonyl (C=O) groups excluding carboxylic acids is 1. The number of ether oxygens (including phenoxy) is 2. The van der Waals surface area contributed by atoms with E-state index in [0.717, 1.165) is 31.0 Å². The fourth-order valence-corrected chi connectivity index (χ4v) is 2.38. The number of carbonyl (C=O) groups is 1. The number of hydrogen-bond acceptors (Lipinski definition) is 5. The van der Waals surface area contributed by atoms with Gasteiger partial charge in [0.1, 0.15) is 5.75 Å². The zero-order valence-electron chi connectivity index (χ0n) is 12.8. The largest absolute Gasteiger partial charge is 0.433 e. The van der Waals surface area contributed by atoms with Crippen molar-refractivity contribution in [3.63, 3.8) is 0 Å². The highest BCUT2D eigenvalue weighted by atomic mass is 19.3. The maximum absolute atomic E-state index is 12.4. The molecule has 1 aliphatic rings.